The molecule has 102 valence electrons. The van der Waals surface area contributed by atoms with Crippen molar-refractivity contribution in [2.75, 3.05) is 0 Å². The Morgan fingerprint density at radius 2 is 2.11 bits per heavy atom. The molecule has 3 saturated carbocycles. The van der Waals surface area contributed by atoms with Crippen LogP contribution in [-0.4, -0.2) is 22.7 Å². The molecule has 0 radical (unpaired) electrons. The molecule has 0 aromatic carbocycles. The highest BCUT2D eigenvalue weighted by atomic mass is 16.4. The summed E-state index contributed by atoms with van der Waals surface area (Å²) in [6, 6.07) is 0.477. The van der Waals surface area contributed by atoms with E-state index < -0.39 is 11.5 Å². The van der Waals surface area contributed by atoms with E-state index in [1.165, 1.54) is 32.1 Å². The molecule has 3 rings (SSSR count). The van der Waals surface area contributed by atoms with E-state index in [4.69, 9.17) is 0 Å². The molecule has 3 aliphatic carbocycles. The first-order valence-electron chi connectivity index (χ1n) is 7.60. The zero-order valence-corrected chi connectivity index (χ0v) is 11.3. The van der Waals surface area contributed by atoms with Gasteiger partial charge in [-0.2, -0.15) is 0 Å². The van der Waals surface area contributed by atoms with Crippen molar-refractivity contribution in [1.29, 1.82) is 0 Å². The molecule has 18 heavy (non-hydrogen) atoms. The van der Waals surface area contributed by atoms with Gasteiger partial charge in [-0.15, -0.1) is 0 Å². The first-order chi connectivity index (χ1) is 8.59. The van der Waals surface area contributed by atoms with Crippen molar-refractivity contribution in [3.8, 4) is 0 Å². The highest BCUT2D eigenvalue weighted by Gasteiger charge is 2.47. The van der Waals surface area contributed by atoms with Gasteiger partial charge in [0.05, 0.1) is 0 Å². The Balaban J connectivity index is 1.72. The zero-order valence-electron chi connectivity index (χ0n) is 11.3. The molecule has 0 saturated heterocycles. The van der Waals surface area contributed by atoms with Gasteiger partial charge in [0, 0.05) is 6.04 Å². The van der Waals surface area contributed by atoms with Crippen LogP contribution in [0.1, 0.15) is 58.3 Å². The first kappa shape index (κ1) is 12.5. The van der Waals surface area contributed by atoms with Crippen LogP contribution in [0, 0.1) is 17.8 Å². The summed E-state index contributed by atoms with van der Waals surface area (Å²) in [5.74, 6) is 1.56. The summed E-state index contributed by atoms with van der Waals surface area (Å²) in [6.07, 6.45) is 9.12. The summed E-state index contributed by atoms with van der Waals surface area (Å²) < 4.78 is 0. The fourth-order valence-electron chi connectivity index (χ4n) is 4.71. The molecule has 2 N–H and O–H groups in total. The average Bonchev–Trinajstić information content (AvgIpc) is 2.90. The number of rotatable bonds is 3. The lowest BCUT2D eigenvalue weighted by Crippen LogP contribution is -2.59. The van der Waals surface area contributed by atoms with E-state index in [0.29, 0.717) is 12.0 Å². The number of hydrogen-bond acceptors (Lipinski definition) is 2. The molecule has 3 nitrogen and oxygen atoms in total. The lowest BCUT2D eigenvalue weighted by atomic mass is 9.75. The Bertz CT molecular complexity index is 343. The van der Waals surface area contributed by atoms with E-state index in [2.05, 4.69) is 12.2 Å². The lowest BCUT2D eigenvalue weighted by molar-refractivity contribution is -0.147. The minimum Gasteiger partial charge on any atom is -0.480 e. The van der Waals surface area contributed by atoms with Crippen LogP contribution in [0.5, 0.6) is 0 Å². The second kappa shape index (κ2) is 4.52. The Morgan fingerprint density at radius 3 is 2.67 bits per heavy atom. The minimum absolute atomic E-state index is 0.477. The predicted molar refractivity (Wildman–Crippen MR) is 70.4 cm³/mol. The van der Waals surface area contributed by atoms with Crippen molar-refractivity contribution < 1.29 is 9.90 Å². The topological polar surface area (TPSA) is 49.3 Å². The Hall–Kier alpha value is -0.570. The van der Waals surface area contributed by atoms with E-state index in [1.807, 2.05) is 0 Å². The van der Waals surface area contributed by atoms with Gasteiger partial charge in [0.25, 0.3) is 0 Å². The molecule has 0 heterocycles. The van der Waals surface area contributed by atoms with Crippen molar-refractivity contribution in [3.05, 3.63) is 0 Å². The van der Waals surface area contributed by atoms with E-state index in [9.17, 15) is 9.90 Å². The SMILES string of the molecule is CC1CCCC(NC2CC3CCC2C3)(C(=O)O)C1. The van der Waals surface area contributed by atoms with E-state index in [-0.39, 0.29) is 0 Å². The van der Waals surface area contributed by atoms with Gasteiger partial charge in [0.15, 0.2) is 0 Å². The summed E-state index contributed by atoms with van der Waals surface area (Å²) in [7, 11) is 0. The van der Waals surface area contributed by atoms with Crippen molar-refractivity contribution in [3.63, 3.8) is 0 Å². The van der Waals surface area contributed by atoms with E-state index >= 15 is 0 Å². The third-order valence-corrected chi connectivity index (χ3v) is 5.61. The molecule has 0 amide bonds. The van der Waals surface area contributed by atoms with Crippen molar-refractivity contribution in [1.82, 2.24) is 5.32 Å². The standard InChI is InChI=1S/C15H25NO2/c1-10-3-2-6-15(9-10,14(17)18)16-13-8-11-4-5-12(13)7-11/h10-13,16H,2-9H2,1H3,(H,17,18). The van der Waals surface area contributed by atoms with Gasteiger partial charge < -0.3 is 5.11 Å². The first-order valence-corrected chi connectivity index (χ1v) is 7.60. The van der Waals surface area contributed by atoms with Crippen LogP contribution >= 0.6 is 0 Å². The van der Waals surface area contributed by atoms with Crippen LogP contribution in [0.25, 0.3) is 0 Å². The van der Waals surface area contributed by atoms with E-state index in [0.717, 1.165) is 31.1 Å². The molecule has 3 heteroatoms. The van der Waals surface area contributed by atoms with Crippen LogP contribution in [-0.2, 0) is 4.79 Å². The van der Waals surface area contributed by atoms with Crippen molar-refractivity contribution in [2.45, 2.75) is 69.9 Å². The maximum Gasteiger partial charge on any atom is 0.323 e. The van der Waals surface area contributed by atoms with Crippen LogP contribution in [0.3, 0.4) is 0 Å². The molecular weight excluding hydrogens is 226 g/mol. The fraction of sp³-hybridized carbons (Fsp3) is 0.933. The normalized spacial score (nSPS) is 47.4. The van der Waals surface area contributed by atoms with Gasteiger partial charge in [0.2, 0.25) is 0 Å². The number of carbonyl (C=O) groups is 1. The number of hydrogen-bond donors (Lipinski definition) is 2. The highest BCUT2D eigenvalue weighted by Crippen LogP contribution is 2.46. The van der Waals surface area contributed by atoms with Crippen LogP contribution in [0.15, 0.2) is 0 Å². The van der Waals surface area contributed by atoms with Crippen molar-refractivity contribution >= 4 is 5.97 Å². The molecule has 5 unspecified atom stereocenters. The fourth-order valence-corrected chi connectivity index (χ4v) is 4.71. The Kier molecular flexibility index (Phi) is 3.13. The van der Waals surface area contributed by atoms with Gasteiger partial charge in [-0.1, -0.05) is 26.2 Å². The monoisotopic (exact) mass is 251 g/mol. The maximum absolute atomic E-state index is 11.8. The summed E-state index contributed by atoms with van der Waals surface area (Å²) in [5.41, 5.74) is -0.618. The van der Waals surface area contributed by atoms with Gasteiger partial charge in [0.1, 0.15) is 5.54 Å². The van der Waals surface area contributed by atoms with E-state index in [1.54, 1.807) is 0 Å². The third-order valence-electron chi connectivity index (χ3n) is 5.61. The Labute approximate surface area is 109 Å². The minimum atomic E-state index is -0.618. The molecule has 2 bridgehead atoms. The van der Waals surface area contributed by atoms with Gasteiger partial charge in [-0.05, 0) is 49.9 Å². The highest BCUT2D eigenvalue weighted by molar-refractivity contribution is 5.79. The smallest absolute Gasteiger partial charge is 0.323 e. The summed E-state index contributed by atoms with van der Waals surface area (Å²) in [4.78, 5) is 11.8. The number of aliphatic carboxylic acids is 1. The number of fused-ring (bicyclic) bond motifs is 2. The third kappa shape index (κ3) is 2.07. The van der Waals surface area contributed by atoms with Crippen LogP contribution in [0.4, 0.5) is 0 Å². The lowest BCUT2D eigenvalue weighted by Gasteiger charge is -2.41. The molecule has 0 aromatic rings. The van der Waals surface area contributed by atoms with Gasteiger partial charge in [-0.3, -0.25) is 10.1 Å². The Morgan fingerprint density at radius 1 is 1.28 bits per heavy atom. The predicted octanol–water partition coefficient (Wildman–Crippen LogP) is 2.80. The summed E-state index contributed by atoms with van der Waals surface area (Å²) in [6.45, 7) is 2.19. The molecule has 0 spiro atoms. The quantitative estimate of drug-likeness (QED) is 0.811. The largest absolute Gasteiger partial charge is 0.480 e. The molecule has 5 atom stereocenters. The second-order valence-electron chi connectivity index (χ2n) is 7.01. The van der Waals surface area contributed by atoms with Gasteiger partial charge >= 0.3 is 5.97 Å². The second-order valence-corrected chi connectivity index (χ2v) is 7.01. The zero-order chi connectivity index (χ0) is 12.8. The number of nitrogens with one attached hydrogen (secondary N) is 1. The molecule has 3 fully saturated rings. The molecule has 0 aliphatic heterocycles. The number of carboxylic acid groups (broad SMARTS) is 1. The summed E-state index contributed by atoms with van der Waals surface area (Å²) in [5, 5.41) is 13.3. The van der Waals surface area contributed by atoms with Gasteiger partial charge in [-0.25, -0.2) is 0 Å². The number of carboxylic acids is 1. The average molecular weight is 251 g/mol. The van der Waals surface area contributed by atoms with Crippen molar-refractivity contribution in [2.24, 2.45) is 17.8 Å². The molecule has 3 aliphatic rings. The molecule has 0 aromatic heterocycles. The maximum atomic E-state index is 11.8. The van der Waals surface area contributed by atoms with Crippen LogP contribution in [0.2, 0.25) is 0 Å². The van der Waals surface area contributed by atoms with Crippen LogP contribution < -0.4 is 5.32 Å². The summed E-state index contributed by atoms with van der Waals surface area (Å²) >= 11 is 0. The molecular formula is C15H25NO2.